The van der Waals surface area contributed by atoms with Crippen molar-refractivity contribution in [2.75, 3.05) is 25.2 Å². The van der Waals surface area contributed by atoms with Crippen LogP contribution in [-0.2, 0) is 15.5 Å². The minimum absolute atomic E-state index is 0.293. The van der Waals surface area contributed by atoms with E-state index in [2.05, 4.69) is 12.2 Å². The van der Waals surface area contributed by atoms with E-state index in [0.29, 0.717) is 17.8 Å². The Bertz CT molecular complexity index is 153. The summed E-state index contributed by atoms with van der Waals surface area (Å²) in [5.74, 6) is 0.705. The summed E-state index contributed by atoms with van der Waals surface area (Å²) < 4.78 is 16.2. The van der Waals surface area contributed by atoms with Crippen LogP contribution >= 0.6 is 0 Å². The van der Waals surface area contributed by atoms with E-state index in [1.807, 2.05) is 13.8 Å². The standard InChI is InChI=1S/C9H21NO2S/c1-5-12-6-8(2)10-9(3)7-13(4)11/h8-10H,5-7H2,1-4H3. The van der Waals surface area contributed by atoms with Gasteiger partial charge in [0.1, 0.15) is 0 Å². The monoisotopic (exact) mass is 207 g/mol. The molecule has 3 unspecified atom stereocenters. The molecule has 0 aromatic rings. The molecule has 0 radical (unpaired) electrons. The molecule has 0 spiro atoms. The first kappa shape index (κ1) is 13.1. The van der Waals surface area contributed by atoms with Crippen LogP contribution in [0.25, 0.3) is 0 Å². The van der Waals surface area contributed by atoms with Crippen molar-refractivity contribution in [3.8, 4) is 0 Å². The average Bonchev–Trinajstić information content (AvgIpc) is 1.98. The molecule has 3 nitrogen and oxygen atoms in total. The fourth-order valence-electron chi connectivity index (χ4n) is 1.23. The van der Waals surface area contributed by atoms with Gasteiger partial charge in [-0.15, -0.1) is 0 Å². The summed E-state index contributed by atoms with van der Waals surface area (Å²) >= 11 is 0. The third-order valence-corrected chi connectivity index (χ3v) is 2.60. The highest BCUT2D eigenvalue weighted by Crippen LogP contribution is 1.91. The van der Waals surface area contributed by atoms with Gasteiger partial charge in [0.25, 0.3) is 0 Å². The molecule has 0 amide bonds. The van der Waals surface area contributed by atoms with E-state index in [-0.39, 0.29) is 0 Å². The van der Waals surface area contributed by atoms with Gasteiger partial charge in [0.2, 0.25) is 0 Å². The normalized spacial score (nSPS) is 18.2. The molecule has 13 heavy (non-hydrogen) atoms. The lowest BCUT2D eigenvalue weighted by Crippen LogP contribution is -2.40. The van der Waals surface area contributed by atoms with Gasteiger partial charge in [0.05, 0.1) is 6.61 Å². The van der Waals surface area contributed by atoms with Crippen LogP contribution < -0.4 is 5.32 Å². The Kier molecular flexibility index (Phi) is 7.51. The fraction of sp³-hybridized carbons (Fsp3) is 1.00. The number of hydrogen-bond donors (Lipinski definition) is 1. The summed E-state index contributed by atoms with van der Waals surface area (Å²) in [4.78, 5) is 0. The summed E-state index contributed by atoms with van der Waals surface area (Å²) in [7, 11) is -0.721. The van der Waals surface area contributed by atoms with Gasteiger partial charge >= 0.3 is 0 Å². The molecule has 0 heterocycles. The van der Waals surface area contributed by atoms with Crippen molar-refractivity contribution in [2.24, 2.45) is 0 Å². The van der Waals surface area contributed by atoms with Crippen LogP contribution in [0.5, 0.6) is 0 Å². The molecule has 0 saturated carbocycles. The highest BCUT2D eigenvalue weighted by molar-refractivity contribution is 7.84. The number of nitrogens with one attached hydrogen (secondary N) is 1. The molecule has 80 valence electrons. The maximum atomic E-state index is 10.9. The SMILES string of the molecule is CCOCC(C)NC(C)CS(C)=O. The second kappa shape index (κ2) is 7.47. The smallest absolute Gasteiger partial charge is 0.0616 e. The van der Waals surface area contributed by atoms with Gasteiger partial charge in [-0.05, 0) is 20.8 Å². The maximum Gasteiger partial charge on any atom is 0.0616 e. The first-order valence-corrected chi connectivity index (χ1v) is 6.42. The summed E-state index contributed by atoms with van der Waals surface area (Å²) in [6.45, 7) is 7.57. The van der Waals surface area contributed by atoms with Crippen molar-refractivity contribution in [1.82, 2.24) is 5.32 Å². The van der Waals surface area contributed by atoms with Crippen molar-refractivity contribution < 1.29 is 8.95 Å². The van der Waals surface area contributed by atoms with Crippen LogP contribution in [0.4, 0.5) is 0 Å². The van der Waals surface area contributed by atoms with E-state index in [4.69, 9.17) is 4.74 Å². The van der Waals surface area contributed by atoms with E-state index in [9.17, 15) is 4.21 Å². The molecule has 0 rings (SSSR count). The Hall–Kier alpha value is 0.0700. The van der Waals surface area contributed by atoms with Gasteiger partial charge in [-0.25, -0.2) is 0 Å². The Morgan fingerprint density at radius 1 is 1.38 bits per heavy atom. The first-order valence-electron chi connectivity index (χ1n) is 4.70. The Balaban J connectivity index is 3.52. The zero-order valence-corrected chi connectivity index (χ0v) is 9.82. The van der Waals surface area contributed by atoms with Gasteiger partial charge in [0, 0.05) is 41.5 Å². The Morgan fingerprint density at radius 3 is 2.46 bits per heavy atom. The minimum Gasteiger partial charge on any atom is -0.380 e. The van der Waals surface area contributed by atoms with Crippen molar-refractivity contribution >= 4 is 10.8 Å². The molecule has 0 bridgehead atoms. The molecule has 0 aliphatic heterocycles. The summed E-state index contributed by atoms with van der Waals surface area (Å²) in [5.41, 5.74) is 0. The molecular formula is C9H21NO2S. The van der Waals surface area contributed by atoms with E-state index in [1.54, 1.807) is 6.26 Å². The molecule has 0 aromatic carbocycles. The molecule has 4 heteroatoms. The van der Waals surface area contributed by atoms with Crippen LogP contribution in [0.15, 0.2) is 0 Å². The van der Waals surface area contributed by atoms with Crippen LogP contribution in [0.3, 0.4) is 0 Å². The minimum atomic E-state index is -0.721. The third kappa shape index (κ3) is 8.40. The topological polar surface area (TPSA) is 38.3 Å². The van der Waals surface area contributed by atoms with Gasteiger partial charge < -0.3 is 10.1 Å². The van der Waals surface area contributed by atoms with Crippen LogP contribution in [-0.4, -0.2) is 41.5 Å². The number of ether oxygens (including phenoxy) is 1. The second-order valence-corrected chi connectivity index (χ2v) is 4.85. The molecule has 0 aliphatic rings. The second-order valence-electron chi connectivity index (χ2n) is 3.37. The van der Waals surface area contributed by atoms with Crippen molar-refractivity contribution in [3.05, 3.63) is 0 Å². The predicted octanol–water partition coefficient (Wildman–Crippen LogP) is 0.768. The van der Waals surface area contributed by atoms with Crippen molar-refractivity contribution in [1.29, 1.82) is 0 Å². The molecular weight excluding hydrogens is 186 g/mol. The summed E-state index contributed by atoms with van der Waals surface area (Å²) in [6.07, 6.45) is 1.73. The van der Waals surface area contributed by atoms with Crippen LogP contribution in [0.2, 0.25) is 0 Å². The Morgan fingerprint density at radius 2 is 2.00 bits per heavy atom. The van der Waals surface area contributed by atoms with E-state index < -0.39 is 10.8 Å². The molecule has 3 atom stereocenters. The van der Waals surface area contributed by atoms with Crippen LogP contribution in [0, 0.1) is 0 Å². The van der Waals surface area contributed by atoms with Crippen molar-refractivity contribution in [2.45, 2.75) is 32.9 Å². The highest BCUT2D eigenvalue weighted by atomic mass is 32.2. The molecule has 0 saturated heterocycles. The van der Waals surface area contributed by atoms with Gasteiger partial charge in [-0.2, -0.15) is 0 Å². The largest absolute Gasteiger partial charge is 0.380 e. The zero-order chi connectivity index (χ0) is 10.3. The number of hydrogen-bond acceptors (Lipinski definition) is 3. The van der Waals surface area contributed by atoms with E-state index in [1.165, 1.54) is 0 Å². The highest BCUT2D eigenvalue weighted by Gasteiger charge is 2.08. The lowest BCUT2D eigenvalue weighted by atomic mass is 10.3. The number of rotatable bonds is 7. The molecule has 1 N–H and O–H groups in total. The average molecular weight is 207 g/mol. The quantitative estimate of drug-likeness (QED) is 0.670. The zero-order valence-electron chi connectivity index (χ0n) is 9.00. The van der Waals surface area contributed by atoms with E-state index in [0.717, 1.165) is 13.2 Å². The van der Waals surface area contributed by atoms with Crippen LogP contribution in [0.1, 0.15) is 20.8 Å². The molecule has 0 fully saturated rings. The lowest BCUT2D eigenvalue weighted by molar-refractivity contribution is 0.125. The maximum absolute atomic E-state index is 10.9. The van der Waals surface area contributed by atoms with Gasteiger partial charge in [-0.1, -0.05) is 0 Å². The molecule has 0 aromatic heterocycles. The fourth-order valence-corrected chi connectivity index (χ4v) is 2.03. The van der Waals surface area contributed by atoms with Crippen molar-refractivity contribution in [3.63, 3.8) is 0 Å². The third-order valence-electron chi connectivity index (χ3n) is 1.63. The van der Waals surface area contributed by atoms with Gasteiger partial charge in [0.15, 0.2) is 0 Å². The first-order chi connectivity index (χ1) is 6.06. The van der Waals surface area contributed by atoms with E-state index >= 15 is 0 Å². The predicted molar refractivity (Wildman–Crippen MR) is 57.5 cm³/mol. The Labute approximate surface area is 83.7 Å². The lowest BCUT2D eigenvalue weighted by Gasteiger charge is -2.18. The summed E-state index contributed by atoms with van der Waals surface area (Å²) in [6, 6.07) is 0.625. The summed E-state index contributed by atoms with van der Waals surface area (Å²) in [5, 5.41) is 3.33. The van der Waals surface area contributed by atoms with Gasteiger partial charge in [-0.3, -0.25) is 4.21 Å². The molecule has 0 aliphatic carbocycles.